The van der Waals surface area contributed by atoms with Gasteiger partial charge in [-0.1, -0.05) is 48.5 Å². The highest BCUT2D eigenvalue weighted by Gasteiger charge is 2.41. The van der Waals surface area contributed by atoms with E-state index in [2.05, 4.69) is 5.32 Å². The second-order valence-electron chi connectivity index (χ2n) is 8.92. The molecule has 0 heterocycles. The Morgan fingerprint density at radius 3 is 2.28 bits per heavy atom. The number of carbonyl (C=O) groups is 1. The number of carbonyl (C=O) groups excluding carboxylic acids is 1. The van der Waals surface area contributed by atoms with E-state index in [9.17, 15) is 36.2 Å². The fourth-order valence-corrected chi connectivity index (χ4v) is 4.10. The highest BCUT2D eigenvalue weighted by molar-refractivity contribution is 6.07. The van der Waals surface area contributed by atoms with Gasteiger partial charge in [0.05, 0.1) is 12.1 Å². The van der Waals surface area contributed by atoms with Crippen LogP contribution < -0.4 is 10.1 Å². The molecule has 10 heteroatoms. The zero-order valence-corrected chi connectivity index (χ0v) is 20.3. The molecule has 2 unspecified atom stereocenters. The number of hydrogen-bond donors (Lipinski definition) is 2. The topological polar surface area (TPSA) is 58.6 Å². The third-order valence-electron chi connectivity index (χ3n) is 6.13. The van der Waals surface area contributed by atoms with Crippen molar-refractivity contribution in [1.29, 1.82) is 0 Å². The minimum absolute atomic E-state index is 0.0498. The van der Waals surface area contributed by atoms with E-state index < -0.39 is 48.6 Å². The normalized spacial score (nSPS) is 13.3. The molecule has 0 radical (unpaired) electrons. The Morgan fingerprint density at radius 1 is 0.897 bits per heavy atom. The summed E-state index contributed by atoms with van der Waals surface area (Å²) in [4.78, 5) is 13.3. The summed E-state index contributed by atoms with van der Waals surface area (Å²) in [6.07, 6.45) is -5.28. The van der Waals surface area contributed by atoms with Gasteiger partial charge in [0.15, 0.2) is 6.61 Å². The summed E-state index contributed by atoms with van der Waals surface area (Å²) in [7, 11) is 0. The van der Waals surface area contributed by atoms with Gasteiger partial charge in [0.25, 0.3) is 5.91 Å². The van der Waals surface area contributed by atoms with Gasteiger partial charge in [-0.2, -0.15) is 8.78 Å². The molecule has 0 bridgehead atoms. The maximum absolute atomic E-state index is 14.3. The minimum atomic E-state index is -4.34. The summed E-state index contributed by atoms with van der Waals surface area (Å²) in [5, 5.41) is 14.4. The molecular formula is C29H23F6NO3. The Balaban J connectivity index is 1.61. The minimum Gasteiger partial charge on any atom is -0.487 e. The highest BCUT2D eigenvalue weighted by atomic mass is 19.3. The van der Waals surface area contributed by atoms with Crippen molar-refractivity contribution < 1.29 is 41.0 Å². The zero-order valence-electron chi connectivity index (χ0n) is 20.3. The molecule has 0 aliphatic heterocycles. The van der Waals surface area contributed by atoms with E-state index in [1.165, 1.54) is 42.5 Å². The van der Waals surface area contributed by atoms with Crippen molar-refractivity contribution in [2.75, 3.05) is 6.61 Å². The highest BCUT2D eigenvalue weighted by Crippen LogP contribution is 2.27. The van der Waals surface area contributed by atoms with Crippen LogP contribution in [0, 0.1) is 11.6 Å². The number of amides is 1. The van der Waals surface area contributed by atoms with Gasteiger partial charge in [0.2, 0.25) is 0 Å². The van der Waals surface area contributed by atoms with Crippen molar-refractivity contribution >= 4 is 16.7 Å². The average molecular weight is 547 g/mol. The lowest BCUT2D eigenvalue weighted by atomic mass is 9.95. The number of aliphatic hydroxyl groups is 1. The molecule has 0 saturated heterocycles. The van der Waals surface area contributed by atoms with Crippen molar-refractivity contribution in [2.24, 2.45) is 0 Å². The molecule has 2 atom stereocenters. The standard InChI is InChI=1S/C29H23F6NO3/c30-19-10-8-18(9-11-19)26(37)25(15-17-4-3-5-20(14-17)39-16-29(34,35)28(32)33)36-27(38)23-12-13-24(31)22-7-2-1-6-21(22)23/h1-14,25-26,28,37H,15-16H2,(H,36,38). The first-order valence-electron chi connectivity index (χ1n) is 11.8. The number of benzene rings is 4. The number of hydrogen-bond acceptors (Lipinski definition) is 3. The Labute approximate surface area is 219 Å². The van der Waals surface area contributed by atoms with Crippen LogP contribution in [0.5, 0.6) is 5.75 Å². The summed E-state index contributed by atoms with van der Waals surface area (Å²) >= 11 is 0. The van der Waals surface area contributed by atoms with Gasteiger partial charge in [-0.05, 0) is 59.3 Å². The van der Waals surface area contributed by atoms with E-state index >= 15 is 0 Å². The Hall–Kier alpha value is -4.05. The van der Waals surface area contributed by atoms with Gasteiger partial charge >= 0.3 is 12.3 Å². The number of nitrogens with one attached hydrogen (secondary N) is 1. The van der Waals surface area contributed by atoms with Gasteiger partial charge in [-0.25, -0.2) is 17.6 Å². The van der Waals surface area contributed by atoms with E-state index in [1.54, 1.807) is 24.3 Å². The van der Waals surface area contributed by atoms with E-state index in [0.717, 1.165) is 18.2 Å². The van der Waals surface area contributed by atoms with Crippen LogP contribution in [0.3, 0.4) is 0 Å². The smallest absolute Gasteiger partial charge is 0.340 e. The number of alkyl halides is 4. The molecule has 0 aliphatic carbocycles. The molecule has 0 saturated carbocycles. The van der Waals surface area contributed by atoms with Gasteiger partial charge in [0.1, 0.15) is 17.4 Å². The monoisotopic (exact) mass is 547 g/mol. The molecular weight excluding hydrogens is 524 g/mol. The molecule has 4 aromatic carbocycles. The molecule has 4 nitrogen and oxygen atoms in total. The average Bonchev–Trinajstić information content (AvgIpc) is 2.92. The fourth-order valence-electron chi connectivity index (χ4n) is 4.10. The number of rotatable bonds is 10. The van der Waals surface area contributed by atoms with E-state index in [4.69, 9.17) is 4.74 Å². The van der Waals surface area contributed by atoms with Gasteiger partial charge in [-0.3, -0.25) is 4.79 Å². The van der Waals surface area contributed by atoms with E-state index in [0.29, 0.717) is 10.9 Å². The summed E-state index contributed by atoms with van der Waals surface area (Å²) in [6.45, 7) is -1.54. The number of halogens is 6. The van der Waals surface area contributed by atoms with Crippen LogP contribution in [0.25, 0.3) is 10.8 Å². The van der Waals surface area contributed by atoms with Crippen molar-refractivity contribution in [2.45, 2.75) is 30.9 Å². The molecule has 0 spiro atoms. The van der Waals surface area contributed by atoms with Gasteiger partial charge < -0.3 is 15.2 Å². The molecule has 204 valence electrons. The van der Waals surface area contributed by atoms with E-state index in [-0.39, 0.29) is 28.7 Å². The molecule has 0 aliphatic rings. The second kappa shape index (κ2) is 11.8. The quantitative estimate of drug-likeness (QED) is 0.224. The predicted octanol–water partition coefficient (Wildman–Crippen LogP) is 6.47. The Bertz CT molecular complexity index is 1440. The summed E-state index contributed by atoms with van der Waals surface area (Å²) in [6, 6.07) is 18.4. The van der Waals surface area contributed by atoms with Crippen molar-refractivity contribution in [1.82, 2.24) is 5.32 Å². The zero-order chi connectivity index (χ0) is 28.2. The SMILES string of the molecule is O=C(NC(Cc1cccc(OCC(F)(F)C(F)F)c1)C(O)c1ccc(F)cc1)c1ccc(F)c2ccccc12. The largest absolute Gasteiger partial charge is 0.487 e. The van der Waals surface area contributed by atoms with Crippen LogP contribution in [-0.4, -0.2) is 36.0 Å². The van der Waals surface area contributed by atoms with E-state index in [1.807, 2.05) is 0 Å². The molecule has 39 heavy (non-hydrogen) atoms. The fraction of sp³-hybridized carbons (Fsp3) is 0.207. The molecule has 1 amide bonds. The third-order valence-corrected chi connectivity index (χ3v) is 6.13. The van der Waals surface area contributed by atoms with Gasteiger partial charge in [0, 0.05) is 10.9 Å². The maximum atomic E-state index is 14.3. The Morgan fingerprint density at radius 2 is 1.59 bits per heavy atom. The summed E-state index contributed by atoms with van der Waals surface area (Å²) in [5.74, 6) is -6.13. The van der Waals surface area contributed by atoms with Crippen molar-refractivity contribution in [3.8, 4) is 5.75 Å². The number of fused-ring (bicyclic) bond motifs is 1. The molecule has 2 N–H and O–H groups in total. The first kappa shape index (κ1) is 28.0. The third kappa shape index (κ3) is 6.69. The first-order chi connectivity index (χ1) is 18.5. The number of ether oxygens (including phenoxy) is 1. The lowest BCUT2D eigenvalue weighted by Crippen LogP contribution is -2.41. The first-order valence-corrected chi connectivity index (χ1v) is 11.8. The van der Waals surface area contributed by atoms with Crippen molar-refractivity contribution in [3.05, 3.63) is 113 Å². The maximum Gasteiger partial charge on any atom is 0.340 e. The lowest BCUT2D eigenvalue weighted by Gasteiger charge is -2.25. The lowest BCUT2D eigenvalue weighted by molar-refractivity contribution is -0.148. The van der Waals surface area contributed by atoms with Crippen LogP contribution in [-0.2, 0) is 6.42 Å². The van der Waals surface area contributed by atoms with Crippen LogP contribution in [0.1, 0.15) is 27.6 Å². The van der Waals surface area contributed by atoms with Crippen molar-refractivity contribution in [3.63, 3.8) is 0 Å². The second-order valence-corrected chi connectivity index (χ2v) is 8.92. The van der Waals surface area contributed by atoms with Crippen LogP contribution in [0.4, 0.5) is 26.3 Å². The van der Waals surface area contributed by atoms with Gasteiger partial charge in [-0.15, -0.1) is 0 Å². The molecule has 0 aromatic heterocycles. The predicted molar refractivity (Wildman–Crippen MR) is 133 cm³/mol. The molecule has 4 rings (SSSR count). The Kier molecular flexibility index (Phi) is 8.44. The van der Waals surface area contributed by atoms with Crippen LogP contribution in [0.15, 0.2) is 84.9 Å². The summed E-state index contributed by atoms with van der Waals surface area (Å²) in [5.41, 5.74) is 0.854. The molecule has 0 fully saturated rings. The summed E-state index contributed by atoms with van der Waals surface area (Å²) < 4.78 is 84.2. The molecule has 4 aromatic rings. The van der Waals surface area contributed by atoms with Crippen LogP contribution >= 0.6 is 0 Å². The number of aliphatic hydroxyl groups excluding tert-OH is 1. The van der Waals surface area contributed by atoms with Crippen LogP contribution in [0.2, 0.25) is 0 Å².